The molecular weight excluding hydrogens is 363 g/mol. The quantitative estimate of drug-likeness (QED) is 0.641. The van der Waals surface area contributed by atoms with Gasteiger partial charge in [0, 0.05) is 29.2 Å². The number of nitriles is 1. The van der Waals surface area contributed by atoms with E-state index < -0.39 is 5.56 Å². The lowest BCUT2D eigenvalue weighted by Crippen LogP contribution is -2.27. The van der Waals surface area contributed by atoms with Gasteiger partial charge in [0.2, 0.25) is 0 Å². The van der Waals surface area contributed by atoms with E-state index in [2.05, 4.69) is 11.2 Å². The molecule has 0 saturated heterocycles. The van der Waals surface area contributed by atoms with Gasteiger partial charge in [0.25, 0.3) is 5.56 Å². The Morgan fingerprint density at radius 2 is 2.04 bits per heavy atom. The van der Waals surface area contributed by atoms with Crippen molar-refractivity contribution >= 4 is 39.9 Å². The van der Waals surface area contributed by atoms with Crippen molar-refractivity contribution in [2.24, 2.45) is 0 Å². The SMILES string of the molecule is N#CCCn1cc(C(=O)Cn2ncc(Cl)c(Cl)c2=O)c2ccccc21. The number of halogens is 2. The number of fused-ring (bicyclic) bond motifs is 1. The highest BCUT2D eigenvalue weighted by Crippen LogP contribution is 2.22. The second kappa shape index (κ2) is 7.09. The minimum absolute atomic E-state index is 0.0449. The zero-order valence-electron chi connectivity index (χ0n) is 12.9. The van der Waals surface area contributed by atoms with Gasteiger partial charge in [-0.3, -0.25) is 9.59 Å². The summed E-state index contributed by atoms with van der Waals surface area (Å²) in [7, 11) is 0. The normalized spacial score (nSPS) is 10.8. The van der Waals surface area contributed by atoms with Gasteiger partial charge in [0.15, 0.2) is 5.78 Å². The molecule has 2 aromatic heterocycles. The van der Waals surface area contributed by atoms with Gasteiger partial charge in [-0.05, 0) is 6.07 Å². The number of rotatable bonds is 5. The first-order valence-corrected chi connectivity index (χ1v) is 8.17. The molecule has 0 aliphatic rings. The lowest BCUT2D eigenvalue weighted by Gasteiger charge is -2.04. The molecule has 6 nitrogen and oxygen atoms in total. The maximum Gasteiger partial charge on any atom is 0.287 e. The molecule has 0 aliphatic heterocycles. The molecule has 8 heteroatoms. The number of benzene rings is 1. The van der Waals surface area contributed by atoms with Crippen molar-refractivity contribution in [3.05, 3.63) is 62.6 Å². The van der Waals surface area contributed by atoms with E-state index in [1.807, 2.05) is 28.8 Å². The van der Waals surface area contributed by atoms with Crippen LogP contribution in [0.1, 0.15) is 16.8 Å². The minimum atomic E-state index is -0.615. The van der Waals surface area contributed by atoms with Crippen molar-refractivity contribution in [1.82, 2.24) is 14.3 Å². The van der Waals surface area contributed by atoms with Gasteiger partial charge >= 0.3 is 0 Å². The first-order chi connectivity index (χ1) is 12.0. The van der Waals surface area contributed by atoms with Crippen molar-refractivity contribution in [2.45, 2.75) is 19.5 Å². The molecule has 3 rings (SSSR count). The van der Waals surface area contributed by atoms with Crippen molar-refractivity contribution in [1.29, 1.82) is 5.26 Å². The molecule has 3 aromatic rings. The average Bonchev–Trinajstić information content (AvgIpc) is 2.99. The van der Waals surface area contributed by atoms with E-state index in [0.29, 0.717) is 18.5 Å². The molecule has 0 saturated carbocycles. The van der Waals surface area contributed by atoms with Crippen LogP contribution >= 0.6 is 23.2 Å². The average molecular weight is 375 g/mol. The maximum absolute atomic E-state index is 12.7. The Morgan fingerprint density at radius 1 is 1.28 bits per heavy atom. The Labute approximate surface area is 152 Å². The summed E-state index contributed by atoms with van der Waals surface area (Å²) in [5.41, 5.74) is 0.708. The van der Waals surface area contributed by atoms with Crippen molar-refractivity contribution < 1.29 is 4.79 Å². The topological polar surface area (TPSA) is 80.7 Å². The van der Waals surface area contributed by atoms with Gasteiger partial charge in [-0.2, -0.15) is 10.4 Å². The van der Waals surface area contributed by atoms with E-state index >= 15 is 0 Å². The van der Waals surface area contributed by atoms with Crippen LogP contribution in [0.15, 0.2) is 41.5 Å². The number of carbonyl (C=O) groups excluding carboxylic acids is 1. The van der Waals surface area contributed by atoms with E-state index in [1.165, 1.54) is 6.20 Å². The summed E-state index contributed by atoms with van der Waals surface area (Å²) in [6, 6.07) is 9.50. The Bertz CT molecular complexity index is 1060. The van der Waals surface area contributed by atoms with Crippen LogP contribution in [0.4, 0.5) is 0 Å². The van der Waals surface area contributed by atoms with Crippen LogP contribution in [-0.2, 0) is 13.1 Å². The Kier molecular flexibility index (Phi) is 4.88. The molecule has 0 spiro atoms. The number of nitrogens with zero attached hydrogens (tertiary/aromatic N) is 4. The lowest BCUT2D eigenvalue weighted by molar-refractivity contribution is 0.0967. The number of hydrogen-bond acceptors (Lipinski definition) is 4. The summed E-state index contributed by atoms with van der Waals surface area (Å²) in [5.74, 6) is -0.278. The highest BCUT2D eigenvalue weighted by atomic mass is 35.5. The van der Waals surface area contributed by atoms with Crippen molar-refractivity contribution in [2.75, 3.05) is 0 Å². The van der Waals surface area contributed by atoms with E-state index in [1.54, 1.807) is 6.20 Å². The summed E-state index contributed by atoms with van der Waals surface area (Å²) in [5, 5.41) is 13.3. The van der Waals surface area contributed by atoms with E-state index in [-0.39, 0.29) is 22.4 Å². The molecule has 0 amide bonds. The standard InChI is InChI=1S/C17H12Cl2N4O2/c18-13-8-21-23(17(25)16(13)19)10-15(24)12-9-22(7-3-6-20)14-5-2-1-4-11(12)14/h1-2,4-5,8-9H,3,7,10H2. The van der Waals surface area contributed by atoms with Gasteiger partial charge in [-0.15, -0.1) is 0 Å². The molecule has 0 N–H and O–H groups in total. The largest absolute Gasteiger partial charge is 0.346 e. The van der Waals surface area contributed by atoms with Gasteiger partial charge in [-0.1, -0.05) is 41.4 Å². The molecule has 0 atom stereocenters. The predicted octanol–water partition coefficient (Wildman–Crippen LogP) is 3.30. The molecule has 0 bridgehead atoms. The zero-order valence-corrected chi connectivity index (χ0v) is 14.5. The third-order valence-electron chi connectivity index (χ3n) is 3.79. The second-order valence-corrected chi connectivity index (χ2v) is 6.14. The van der Waals surface area contributed by atoms with Crippen molar-refractivity contribution in [3.63, 3.8) is 0 Å². The molecule has 126 valence electrons. The van der Waals surface area contributed by atoms with Crippen molar-refractivity contribution in [3.8, 4) is 6.07 Å². The van der Waals surface area contributed by atoms with Crippen LogP contribution in [0.25, 0.3) is 10.9 Å². The van der Waals surface area contributed by atoms with Gasteiger partial charge in [0.1, 0.15) is 11.6 Å². The maximum atomic E-state index is 12.7. The zero-order chi connectivity index (χ0) is 18.0. The molecule has 0 fully saturated rings. The fraction of sp³-hybridized carbons (Fsp3) is 0.176. The number of para-hydroxylation sites is 1. The molecule has 0 radical (unpaired) electrons. The number of ketones is 1. The van der Waals surface area contributed by atoms with Gasteiger partial charge in [0.05, 0.1) is 23.7 Å². The van der Waals surface area contributed by atoms with Gasteiger partial charge < -0.3 is 4.57 Å². The number of hydrogen-bond donors (Lipinski definition) is 0. The third kappa shape index (κ3) is 3.29. The van der Waals surface area contributed by atoms with Crippen LogP contribution in [0.5, 0.6) is 0 Å². The summed E-state index contributed by atoms with van der Waals surface area (Å²) < 4.78 is 2.84. The van der Waals surface area contributed by atoms with E-state index in [0.717, 1.165) is 15.6 Å². The number of aryl methyl sites for hydroxylation is 1. The summed E-state index contributed by atoms with van der Waals surface area (Å²) in [4.78, 5) is 24.8. The van der Waals surface area contributed by atoms with Crippen LogP contribution in [0.2, 0.25) is 10.0 Å². The Hall–Kier alpha value is -2.62. The van der Waals surface area contributed by atoms with Crippen LogP contribution < -0.4 is 5.56 Å². The molecule has 25 heavy (non-hydrogen) atoms. The van der Waals surface area contributed by atoms with Crippen LogP contribution in [0.3, 0.4) is 0 Å². The predicted molar refractivity (Wildman–Crippen MR) is 95.0 cm³/mol. The lowest BCUT2D eigenvalue weighted by atomic mass is 10.1. The first-order valence-electron chi connectivity index (χ1n) is 7.42. The Morgan fingerprint density at radius 3 is 2.80 bits per heavy atom. The summed E-state index contributed by atoms with van der Waals surface area (Å²) in [6.07, 6.45) is 3.27. The fourth-order valence-corrected chi connectivity index (χ4v) is 2.87. The highest BCUT2D eigenvalue weighted by Gasteiger charge is 2.17. The second-order valence-electron chi connectivity index (χ2n) is 5.35. The highest BCUT2D eigenvalue weighted by molar-refractivity contribution is 6.41. The number of carbonyl (C=O) groups is 1. The molecule has 0 aliphatic carbocycles. The Balaban J connectivity index is 1.99. The van der Waals surface area contributed by atoms with Crippen LogP contribution in [0, 0.1) is 11.3 Å². The van der Waals surface area contributed by atoms with Crippen LogP contribution in [-0.4, -0.2) is 20.1 Å². The monoisotopic (exact) mass is 374 g/mol. The molecule has 1 aromatic carbocycles. The number of Topliss-reactive ketones (excluding diaryl/α,β-unsaturated/α-hetero) is 1. The molecule has 0 unspecified atom stereocenters. The first kappa shape index (κ1) is 17.2. The fourth-order valence-electron chi connectivity index (χ4n) is 2.60. The smallest absolute Gasteiger partial charge is 0.287 e. The van der Waals surface area contributed by atoms with E-state index in [4.69, 9.17) is 28.5 Å². The number of aromatic nitrogens is 3. The molecular formula is C17H12Cl2N4O2. The summed E-state index contributed by atoms with van der Waals surface area (Å²) in [6.45, 7) is 0.233. The molecule has 2 heterocycles. The third-order valence-corrected chi connectivity index (χ3v) is 4.54. The van der Waals surface area contributed by atoms with E-state index in [9.17, 15) is 9.59 Å². The van der Waals surface area contributed by atoms with Gasteiger partial charge in [-0.25, -0.2) is 4.68 Å². The minimum Gasteiger partial charge on any atom is -0.346 e. The summed E-state index contributed by atoms with van der Waals surface area (Å²) >= 11 is 11.6.